The molecule has 1 heterocycles. The van der Waals surface area contributed by atoms with Gasteiger partial charge in [0.05, 0.1) is 0 Å². The molecule has 19 heavy (non-hydrogen) atoms. The third-order valence-corrected chi connectivity index (χ3v) is 2.72. The minimum atomic E-state index is -0.260. The predicted molar refractivity (Wildman–Crippen MR) is 77.7 cm³/mol. The van der Waals surface area contributed by atoms with Gasteiger partial charge in [0, 0.05) is 18.3 Å². The molecule has 1 amide bonds. The molecular formula is C15H25N3O. The Morgan fingerprint density at radius 3 is 2.32 bits per heavy atom. The average Bonchev–Trinajstić information content (AvgIpc) is 2.25. The van der Waals surface area contributed by atoms with Gasteiger partial charge in [-0.1, -0.05) is 26.8 Å². The van der Waals surface area contributed by atoms with Crippen molar-refractivity contribution >= 4 is 5.91 Å². The summed E-state index contributed by atoms with van der Waals surface area (Å²) in [6.07, 6.45) is 2.54. The number of hydrogen-bond acceptors (Lipinski definition) is 3. The number of aromatic nitrogens is 1. The quantitative estimate of drug-likeness (QED) is 0.877. The van der Waals surface area contributed by atoms with Gasteiger partial charge >= 0.3 is 0 Å². The lowest BCUT2D eigenvalue weighted by molar-refractivity contribution is 0.0886. The minimum absolute atomic E-state index is 0.141. The van der Waals surface area contributed by atoms with Crippen LogP contribution in [0.1, 0.15) is 57.1 Å². The van der Waals surface area contributed by atoms with E-state index in [-0.39, 0.29) is 16.9 Å². The smallest absolute Gasteiger partial charge is 0.270 e. The second kappa shape index (κ2) is 5.70. The van der Waals surface area contributed by atoms with Crippen LogP contribution in [0.3, 0.4) is 0 Å². The van der Waals surface area contributed by atoms with Crippen molar-refractivity contribution in [2.75, 3.05) is 0 Å². The maximum atomic E-state index is 12.1. The zero-order valence-corrected chi connectivity index (χ0v) is 12.6. The van der Waals surface area contributed by atoms with E-state index in [0.717, 1.165) is 12.0 Å². The maximum absolute atomic E-state index is 12.1. The second-order valence-electron chi connectivity index (χ2n) is 6.83. The van der Waals surface area contributed by atoms with E-state index in [0.29, 0.717) is 12.2 Å². The highest BCUT2D eigenvalue weighted by Gasteiger charge is 2.27. The molecule has 4 nitrogen and oxygen atoms in total. The van der Waals surface area contributed by atoms with E-state index in [9.17, 15) is 4.79 Å². The Balaban J connectivity index is 2.72. The third-order valence-electron chi connectivity index (χ3n) is 2.72. The molecule has 0 saturated carbocycles. The number of rotatable bonds is 4. The number of nitrogens with one attached hydrogen (secondary N) is 1. The van der Waals surface area contributed by atoms with Crippen LogP contribution in [-0.2, 0) is 6.54 Å². The number of nitrogens with zero attached hydrogens (tertiary/aromatic N) is 1. The van der Waals surface area contributed by atoms with E-state index in [2.05, 4.69) is 31.1 Å². The number of amides is 1. The average molecular weight is 263 g/mol. The van der Waals surface area contributed by atoms with Crippen molar-refractivity contribution in [3.63, 3.8) is 0 Å². The van der Waals surface area contributed by atoms with Gasteiger partial charge in [-0.15, -0.1) is 0 Å². The molecule has 106 valence electrons. The first kappa shape index (κ1) is 15.6. The monoisotopic (exact) mass is 263 g/mol. The summed E-state index contributed by atoms with van der Waals surface area (Å²) in [5.74, 6) is -0.141. The largest absolute Gasteiger partial charge is 0.346 e. The van der Waals surface area contributed by atoms with Gasteiger partial charge in [-0.05, 0) is 37.3 Å². The molecule has 0 aliphatic heterocycles. The molecule has 1 aromatic rings. The van der Waals surface area contributed by atoms with Crippen LogP contribution in [0.25, 0.3) is 0 Å². The molecule has 0 atom stereocenters. The fourth-order valence-electron chi connectivity index (χ4n) is 2.42. The van der Waals surface area contributed by atoms with Crippen molar-refractivity contribution in [2.24, 2.45) is 11.1 Å². The highest BCUT2D eigenvalue weighted by molar-refractivity contribution is 5.92. The SMILES string of the molecule is CC(C)(C)CC(C)(C)NC(=O)c1ccc(CN)cn1. The van der Waals surface area contributed by atoms with E-state index in [1.165, 1.54) is 0 Å². The third kappa shape index (κ3) is 5.39. The van der Waals surface area contributed by atoms with Crippen molar-refractivity contribution in [3.05, 3.63) is 29.6 Å². The zero-order valence-electron chi connectivity index (χ0n) is 12.6. The van der Waals surface area contributed by atoms with Crippen LogP contribution in [0.4, 0.5) is 0 Å². The van der Waals surface area contributed by atoms with E-state index in [1.807, 2.05) is 19.9 Å². The Kier molecular flexibility index (Phi) is 4.69. The number of nitrogens with two attached hydrogens (primary N) is 1. The highest BCUT2D eigenvalue weighted by Crippen LogP contribution is 2.26. The first-order chi connectivity index (χ1) is 8.63. The van der Waals surface area contributed by atoms with Crippen LogP contribution < -0.4 is 11.1 Å². The predicted octanol–water partition coefficient (Wildman–Crippen LogP) is 2.48. The number of hydrogen-bond donors (Lipinski definition) is 2. The molecule has 0 saturated heterocycles. The van der Waals surface area contributed by atoms with Crippen molar-refractivity contribution in [3.8, 4) is 0 Å². The molecule has 0 aliphatic carbocycles. The Hall–Kier alpha value is -1.42. The summed E-state index contributed by atoms with van der Waals surface area (Å²) in [7, 11) is 0. The highest BCUT2D eigenvalue weighted by atomic mass is 16.2. The summed E-state index contributed by atoms with van der Waals surface area (Å²) in [4.78, 5) is 16.3. The lowest BCUT2D eigenvalue weighted by atomic mass is 9.82. The van der Waals surface area contributed by atoms with Crippen molar-refractivity contribution in [1.29, 1.82) is 0 Å². The summed E-state index contributed by atoms with van der Waals surface area (Å²) in [6.45, 7) is 11.0. The van der Waals surface area contributed by atoms with Crippen LogP contribution in [-0.4, -0.2) is 16.4 Å². The fraction of sp³-hybridized carbons (Fsp3) is 0.600. The van der Waals surface area contributed by atoms with Crippen LogP contribution in [0.15, 0.2) is 18.3 Å². The molecule has 1 aromatic heterocycles. The topological polar surface area (TPSA) is 68.0 Å². The number of carbonyl (C=O) groups excluding carboxylic acids is 1. The van der Waals surface area contributed by atoms with Crippen LogP contribution in [0.2, 0.25) is 0 Å². The Labute approximate surface area is 115 Å². The van der Waals surface area contributed by atoms with Gasteiger partial charge in [0.2, 0.25) is 0 Å². The summed E-state index contributed by atoms with van der Waals surface area (Å²) in [6, 6.07) is 3.55. The molecule has 1 rings (SSSR count). The van der Waals surface area contributed by atoms with Crippen LogP contribution in [0, 0.1) is 5.41 Å². The van der Waals surface area contributed by atoms with Gasteiger partial charge in [0.15, 0.2) is 0 Å². The molecule has 0 aromatic carbocycles. The molecule has 4 heteroatoms. The fourth-order valence-corrected chi connectivity index (χ4v) is 2.42. The van der Waals surface area contributed by atoms with Gasteiger partial charge < -0.3 is 11.1 Å². The van der Waals surface area contributed by atoms with E-state index in [1.54, 1.807) is 12.3 Å². The molecule has 0 spiro atoms. The zero-order chi connectivity index (χ0) is 14.7. The Bertz CT molecular complexity index is 430. The van der Waals surface area contributed by atoms with E-state index in [4.69, 9.17) is 5.73 Å². The van der Waals surface area contributed by atoms with Crippen molar-refractivity contribution < 1.29 is 4.79 Å². The number of pyridine rings is 1. The van der Waals surface area contributed by atoms with Crippen molar-refractivity contribution in [1.82, 2.24) is 10.3 Å². The summed E-state index contributed by atoms with van der Waals surface area (Å²) >= 11 is 0. The maximum Gasteiger partial charge on any atom is 0.270 e. The standard InChI is InChI=1S/C15H25N3O/c1-14(2,3)10-15(4,5)18-13(19)12-7-6-11(8-16)9-17-12/h6-7,9H,8,10,16H2,1-5H3,(H,18,19). The first-order valence-corrected chi connectivity index (χ1v) is 6.60. The van der Waals surface area contributed by atoms with Gasteiger partial charge in [-0.25, -0.2) is 0 Å². The molecule has 0 fully saturated rings. The lowest BCUT2D eigenvalue weighted by Crippen LogP contribution is -2.46. The van der Waals surface area contributed by atoms with Crippen LogP contribution >= 0.6 is 0 Å². The summed E-state index contributed by atoms with van der Waals surface area (Å²) < 4.78 is 0. The van der Waals surface area contributed by atoms with Crippen molar-refractivity contribution in [2.45, 2.75) is 53.1 Å². The molecule has 3 N–H and O–H groups in total. The Morgan fingerprint density at radius 2 is 1.89 bits per heavy atom. The molecular weight excluding hydrogens is 238 g/mol. The second-order valence-corrected chi connectivity index (χ2v) is 6.83. The van der Waals surface area contributed by atoms with Gasteiger partial charge in [-0.3, -0.25) is 9.78 Å². The molecule has 0 aliphatic rings. The lowest BCUT2D eigenvalue weighted by Gasteiger charge is -2.33. The van der Waals surface area contributed by atoms with E-state index >= 15 is 0 Å². The van der Waals surface area contributed by atoms with Gasteiger partial charge in [0.25, 0.3) is 5.91 Å². The first-order valence-electron chi connectivity index (χ1n) is 6.60. The molecule has 0 bridgehead atoms. The van der Waals surface area contributed by atoms with Gasteiger partial charge in [0.1, 0.15) is 5.69 Å². The molecule has 0 radical (unpaired) electrons. The van der Waals surface area contributed by atoms with Crippen LogP contribution in [0.5, 0.6) is 0 Å². The molecule has 0 unspecified atom stereocenters. The van der Waals surface area contributed by atoms with Gasteiger partial charge in [-0.2, -0.15) is 0 Å². The normalized spacial score (nSPS) is 12.3. The number of carbonyl (C=O) groups is 1. The van der Waals surface area contributed by atoms with E-state index < -0.39 is 0 Å². The summed E-state index contributed by atoms with van der Waals surface area (Å²) in [5, 5.41) is 3.03. The Morgan fingerprint density at radius 1 is 1.26 bits per heavy atom. The summed E-state index contributed by atoms with van der Waals surface area (Å²) in [5.41, 5.74) is 6.76. The minimum Gasteiger partial charge on any atom is -0.346 e.